The second kappa shape index (κ2) is 5.57. The highest BCUT2D eigenvalue weighted by atomic mass is 35.5. The molecule has 0 saturated carbocycles. The van der Waals surface area contributed by atoms with Gasteiger partial charge in [0.25, 0.3) is 0 Å². The van der Waals surface area contributed by atoms with Gasteiger partial charge in [0.1, 0.15) is 0 Å². The second-order valence-electron chi connectivity index (χ2n) is 3.51. The topological polar surface area (TPSA) is 46.5 Å². The largest absolute Gasteiger partial charge is 0.467 e. The van der Waals surface area contributed by atoms with Gasteiger partial charge in [0.2, 0.25) is 0 Å². The van der Waals surface area contributed by atoms with Gasteiger partial charge in [0.15, 0.2) is 5.60 Å². The number of thioether (sulfide) groups is 1. The lowest BCUT2D eigenvalue weighted by atomic mass is 10.1. The molecule has 0 heterocycles. The van der Waals surface area contributed by atoms with E-state index in [-0.39, 0.29) is 5.75 Å². The highest BCUT2D eigenvalue weighted by Gasteiger charge is 2.31. The first kappa shape index (κ1) is 13.4. The molecule has 0 amide bonds. The van der Waals surface area contributed by atoms with Crippen LogP contribution in [0.2, 0.25) is 5.02 Å². The molecule has 0 aliphatic carbocycles. The Morgan fingerprint density at radius 2 is 2.06 bits per heavy atom. The van der Waals surface area contributed by atoms with Gasteiger partial charge in [-0.25, -0.2) is 4.79 Å². The normalized spacial score (nSPS) is 14.2. The van der Waals surface area contributed by atoms with Gasteiger partial charge in [-0.15, -0.1) is 11.8 Å². The van der Waals surface area contributed by atoms with E-state index in [0.29, 0.717) is 5.02 Å². The Morgan fingerprint density at radius 3 is 2.56 bits per heavy atom. The number of esters is 1. The van der Waals surface area contributed by atoms with Gasteiger partial charge in [0, 0.05) is 15.7 Å². The molecule has 0 aliphatic rings. The maximum atomic E-state index is 11.2. The van der Waals surface area contributed by atoms with Gasteiger partial charge in [0.05, 0.1) is 7.11 Å². The molecule has 1 N–H and O–H groups in total. The molecule has 3 nitrogen and oxygen atoms in total. The number of benzene rings is 1. The molecule has 1 rings (SSSR count). The molecule has 1 aromatic carbocycles. The van der Waals surface area contributed by atoms with Crippen molar-refractivity contribution >= 4 is 29.3 Å². The number of aliphatic hydroxyl groups is 1. The molecule has 1 unspecified atom stereocenters. The Balaban J connectivity index is 2.57. The van der Waals surface area contributed by atoms with Crippen molar-refractivity contribution in [1.82, 2.24) is 0 Å². The van der Waals surface area contributed by atoms with Crippen LogP contribution in [0.25, 0.3) is 0 Å². The first-order valence-corrected chi connectivity index (χ1v) is 6.01. The van der Waals surface area contributed by atoms with Crippen LogP contribution in [0.3, 0.4) is 0 Å². The van der Waals surface area contributed by atoms with Gasteiger partial charge in [-0.05, 0) is 31.2 Å². The third-order valence-corrected chi connectivity index (χ3v) is 3.52. The predicted octanol–water partition coefficient (Wildman–Crippen LogP) is 2.36. The molecule has 1 atom stereocenters. The highest BCUT2D eigenvalue weighted by molar-refractivity contribution is 7.99. The van der Waals surface area contributed by atoms with Crippen molar-refractivity contribution in [2.45, 2.75) is 17.4 Å². The second-order valence-corrected chi connectivity index (χ2v) is 4.99. The summed E-state index contributed by atoms with van der Waals surface area (Å²) < 4.78 is 4.50. The first-order valence-electron chi connectivity index (χ1n) is 4.65. The number of carbonyl (C=O) groups is 1. The van der Waals surface area contributed by atoms with E-state index in [0.717, 1.165) is 4.90 Å². The molecular formula is C11H13ClO3S. The van der Waals surface area contributed by atoms with Crippen LogP contribution in [0.4, 0.5) is 0 Å². The minimum atomic E-state index is -1.47. The van der Waals surface area contributed by atoms with Crippen LogP contribution in [-0.2, 0) is 9.53 Å². The van der Waals surface area contributed by atoms with Crippen LogP contribution >= 0.6 is 23.4 Å². The van der Waals surface area contributed by atoms with E-state index >= 15 is 0 Å². The Hall–Kier alpha value is -0.710. The number of hydrogen-bond acceptors (Lipinski definition) is 4. The quantitative estimate of drug-likeness (QED) is 0.667. The summed E-state index contributed by atoms with van der Waals surface area (Å²) in [4.78, 5) is 12.1. The van der Waals surface area contributed by atoms with Crippen LogP contribution in [0, 0.1) is 0 Å². The van der Waals surface area contributed by atoms with Crippen LogP contribution in [-0.4, -0.2) is 29.5 Å². The zero-order valence-electron chi connectivity index (χ0n) is 9.07. The fraction of sp³-hybridized carbons (Fsp3) is 0.364. The van der Waals surface area contributed by atoms with Crippen LogP contribution in [0.5, 0.6) is 0 Å². The van der Waals surface area contributed by atoms with Gasteiger partial charge in [-0.2, -0.15) is 0 Å². The van der Waals surface area contributed by atoms with Crippen molar-refractivity contribution in [2.75, 3.05) is 12.9 Å². The molecule has 1 aromatic rings. The van der Waals surface area contributed by atoms with Crippen LogP contribution < -0.4 is 0 Å². The molecule has 16 heavy (non-hydrogen) atoms. The lowest BCUT2D eigenvalue weighted by Gasteiger charge is -2.19. The van der Waals surface area contributed by atoms with Crippen molar-refractivity contribution in [1.29, 1.82) is 0 Å². The van der Waals surface area contributed by atoms with Crippen molar-refractivity contribution < 1.29 is 14.6 Å². The molecule has 0 radical (unpaired) electrons. The molecule has 0 aromatic heterocycles. The van der Waals surface area contributed by atoms with Crippen molar-refractivity contribution in [3.63, 3.8) is 0 Å². The average molecular weight is 261 g/mol. The average Bonchev–Trinajstić information content (AvgIpc) is 2.27. The smallest absolute Gasteiger partial charge is 0.338 e. The number of carbonyl (C=O) groups excluding carboxylic acids is 1. The van der Waals surface area contributed by atoms with Crippen LogP contribution in [0.1, 0.15) is 6.92 Å². The first-order chi connectivity index (χ1) is 7.45. The van der Waals surface area contributed by atoms with Crippen molar-refractivity contribution in [3.8, 4) is 0 Å². The minimum absolute atomic E-state index is 0.237. The lowest BCUT2D eigenvalue weighted by molar-refractivity contribution is -0.158. The summed E-state index contributed by atoms with van der Waals surface area (Å²) in [6, 6.07) is 7.19. The summed E-state index contributed by atoms with van der Waals surface area (Å²) in [6.07, 6.45) is 0. The summed E-state index contributed by atoms with van der Waals surface area (Å²) in [5.41, 5.74) is -1.47. The van der Waals surface area contributed by atoms with Gasteiger partial charge in [-0.1, -0.05) is 11.6 Å². The van der Waals surface area contributed by atoms with E-state index in [2.05, 4.69) is 4.74 Å². The number of ether oxygens (including phenoxy) is 1. The molecule has 0 saturated heterocycles. The summed E-state index contributed by atoms with van der Waals surface area (Å²) >= 11 is 7.11. The number of hydrogen-bond donors (Lipinski definition) is 1. The Labute approximate surface area is 104 Å². The molecule has 0 fully saturated rings. The molecule has 5 heteroatoms. The fourth-order valence-corrected chi connectivity index (χ4v) is 2.05. The molecule has 0 aliphatic heterocycles. The van der Waals surface area contributed by atoms with E-state index in [9.17, 15) is 9.90 Å². The standard InChI is InChI=1S/C11H13ClO3S/c1-11(14,10(13)15-2)7-16-9-5-3-8(12)4-6-9/h3-6,14H,7H2,1-2H3. The Morgan fingerprint density at radius 1 is 1.50 bits per heavy atom. The third kappa shape index (κ3) is 3.70. The van der Waals surface area contributed by atoms with Crippen molar-refractivity contribution in [2.24, 2.45) is 0 Å². The van der Waals surface area contributed by atoms with Crippen LogP contribution in [0.15, 0.2) is 29.2 Å². The summed E-state index contributed by atoms with van der Waals surface area (Å²) in [5, 5.41) is 10.4. The van der Waals surface area contributed by atoms with E-state index < -0.39 is 11.6 Å². The van der Waals surface area contributed by atoms with Crippen molar-refractivity contribution in [3.05, 3.63) is 29.3 Å². The number of halogens is 1. The predicted molar refractivity (Wildman–Crippen MR) is 64.8 cm³/mol. The zero-order valence-corrected chi connectivity index (χ0v) is 10.6. The van der Waals surface area contributed by atoms with E-state index in [1.165, 1.54) is 25.8 Å². The summed E-state index contributed by atoms with van der Waals surface area (Å²) in [5.74, 6) is -0.393. The van der Waals surface area contributed by atoms with Gasteiger partial charge < -0.3 is 9.84 Å². The maximum Gasteiger partial charge on any atom is 0.338 e. The molecular weight excluding hydrogens is 248 g/mol. The van der Waals surface area contributed by atoms with Gasteiger partial charge >= 0.3 is 5.97 Å². The minimum Gasteiger partial charge on any atom is -0.467 e. The fourth-order valence-electron chi connectivity index (χ4n) is 1.03. The number of methoxy groups -OCH3 is 1. The SMILES string of the molecule is COC(=O)C(C)(O)CSc1ccc(Cl)cc1. The summed E-state index contributed by atoms with van der Waals surface area (Å²) in [7, 11) is 1.25. The highest BCUT2D eigenvalue weighted by Crippen LogP contribution is 2.24. The van der Waals surface area contributed by atoms with E-state index in [4.69, 9.17) is 11.6 Å². The lowest BCUT2D eigenvalue weighted by Crippen LogP contribution is -2.38. The van der Waals surface area contributed by atoms with E-state index in [1.54, 1.807) is 12.1 Å². The monoisotopic (exact) mass is 260 g/mol. The van der Waals surface area contributed by atoms with E-state index in [1.807, 2.05) is 12.1 Å². The zero-order chi connectivity index (χ0) is 12.2. The van der Waals surface area contributed by atoms with Gasteiger partial charge in [-0.3, -0.25) is 0 Å². The Bertz CT molecular complexity index is 362. The molecule has 0 spiro atoms. The molecule has 0 bridgehead atoms. The summed E-state index contributed by atoms with van der Waals surface area (Å²) in [6.45, 7) is 1.43. The maximum absolute atomic E-state index is 11.2. The Kier molecular flexibility index (Phi) is 4.65. The molecule has 88 valence electrons. The third-order valence-electron chi connectivity index (χ3n) is 1.96. The number of rotatable bonds is 4.